The van der Waals surface area contributed by atoms with Crippen molar-refractivity contribution in [3.8, 4) is 11.1 Å². The van der Waals surface area contributed by atoms with E-state index in [4.69, 9.17) is 5.73 Å². The Bertz CT molecular complexity index is 656. The Kier molecular flexibility index (Phi) is 1.92. The number of carbonyl (C=O) groups is 1. The lowest BCUT2D eigenvalue weighted by Gasteiger charge is -2.05. The molecule has 1 amide bonds. The van der Waals surface area contributed by atoms with Crippen molar-refractivity contribution in [3.63, 3.8) is 0 Å². The van der Waals surface area contributed by atoms with Crippen molar-refractivity contribution in [2.24, 2.45) is 5.73 Å². The zero-order valence-electron chi connectivity index (χ0n) is 9.23. The van der Waals surface area contributed by atoms with Gasteiger partial charge in [0.2, 0.25) is 5.91 Å². The minimum absolute atomic E-state index is 0.407. The van der Waals surface area contributed by atoms with Gasteiger partial charge in [-0.2, -0.15) is 0 Å². The predicted octanol–water partition coefficient (Wildman–Crippen LogP) is 2.83. The molecular formula is C15H11NO. The molecule has 0 aromatic heterocycles. The summed E-state index contributed by atoms with van der Waals surface area (Å²) >= 11 is 0. The lowest BCUT2D eigenvalue weighted by molar-refractivity contribution is 0.1000. The van der Waals surface area contributed by atoms with Gasteiger partial charge in [0, 0.05) is 11.1 Å². The highest BCUT2D eigenvalue weighted by Gasteiger charge is 2.25. The summed E-state index contributed by atoms with van der Waals surface area (Å²) in [6, 6.07) is 13.6. The lowest BCUT2D eigenvalue weighted by Crippen LogP contribution is -2.13. The number of benzene rings is 2. The molecule has 0 radical (unpaired) electrons. The number of primary amides is 1. The van der Waals surface area contributed by atoms with Crippen molar-refractivity contribution >= 4 is 11.5 Å². The molecular weight excluding hydrogens is 210 g/mol. The van der Waals surface area contributed by atoms with Gasteiger partial charge < -0.3 is 5.73 Å². The number of amides is 1. The third-order valence-electron chi connectivity index (χ3n) is 3.17. The normalized spacial score (nSPS) is 12.1. The fourth-order valence-electron chi connectivity index (χ4n) is 2.42. The Labute approximate surface area is 99.4 Å². The topological polar surface area (TPSA) is 43.1 Å². The Hall–Kier alpha value is -2.35. The zero-order valence-corrected chi connectivity index (χ0v) is 9.23. The summed E-state index contributed by atoms with van der Waals surface area (Å²) in [6.45, 7) is 4.07. The third-order valence-corrected chi connectivity index (χ3v) is 3.17. The van der Waals surface area contributed by atoms with Crippen molar-refractivity contribution < 1.29 is 4.79 Å². The van der Waals surface area contributed by atoms with Crippen LogP contribution in [-0.2, 0) is 0 Å². The summed E-state index contributed by atoms with van der Waals surface area (Å²) < 4.78 is 0. The Balaban J connectivity index is 2.38. The Morgan fingerprint density at radius 2 is 1.59 bits per heavy atom. The van der Waals surface area contributed by atoms with Crippen LogP contribution in [0.5, 0.6) is 0 Å². The van der Waals surface area contributed by atoms with Gasteiger partial charge in [0.25, 0.3) is 0 Å². The first kappa shape index (κ1) is 9.85. The van der Waals surface area contributed by atoms with E-state index < -0.39 is 5.91 Å². The second kappa shape index (κ2) is 3.32. The number of fused-ring (bicyclic) bond motifs is 3. The van der Waals surface area contributed by atoms with Crippen LogP contribution in [0.2, 0.25) is 0 Å². The molecule has 1 aliphatic rings. The molecule has 0 fully saturated rings. The van der Waals surface area contributed by atoms with E-state index in [1.165, 1.54) is 0 Å². The first-order chi connectivity index (χ1) is 8.20. The van der Waals surface area contributed by atoms with Crippen LogP contribution in [0, 0.1) is 0 Å². The van der Waals surface area contributed by atoms with Gasteiger partial charge in [0.05, 0.1) is 0 Å². The van der Waals surface area contributed by atoms with Crippen molar-refractivity contribution in [2.45, 2.75) is 0 Å². The van der Waals surface area contributed by atoms with Crippen LogP contribution in [0.1, 0.15) is 21.5 Å². The largest absolute Gasteiger partial charge is 0.366 e. The average Bonchev–Trinajstić information content (AvgIpc) is 2.64. The van der Waals surface area contributed by atoms with E-state index in [1.54, 1.807) is 6.07 Å². The van der Waals surface area contributed by atoms with Gasteiger partial charge in [0.15, 0.2) is 0 Å². The second-order valence-electron chi connectivity index (χ2n) is 4.12. The third kappa shape index (κ3) is 1.24. The van der Waals surface area contributed by atoms with Gasteiger partial charge in [0.1, 0.15) is 0 Å². The van der Waals surface area contributed by atoms with Gasteiger partial charge in [-0.25, -0.2) is 0 Å². The molecule has 0 saturated carbocycles. The predicted molar refractivity (Wildman–Crippen MR) is 68.5 cm³/mol. The molecule has 0 saturated heterocycles. The number of hydrogen-bond acceptors (Lipinski definition) is 1. The molecule has 2 N–H and O–H groups in total. The summed E-state index contributed by atoms with van der Waals surface area (Å²) in [5, 5.41) is 0. The molecule has 2 heteroatoms. The van der Waals surface area contributed by atoms with Crippen molar-refractivity contribution in [2.75, 3.05) is 0 Å². The van der Waals surface area contributed by atoms with Crippen LogP contribution >= 0.6 is 0 Å². The average molecular weight is 221 g/mol. The fraction of sp³-hybridized carbons (Fsp3) is 0. The number of carbonyl (C=O) groups excluding carboxylic acids is 1. The maximum absolute atomic E-state index is 11.4. The molecule has 0 atom stereocenters. The summed E-state index contributed by atoms with van der Waals surface area (Å²) in [6.07, 6.45) is 0. The van der Waals surface area contributed by atoms with Gasteiger partial charge in [-0.05, 0) is 28.3 Å². The molecule has 0 heterocycles. The van der Waals surface area contributed by atoms with Gasteiger partial charge >= 0.3 is 0 Å². The summed E-state index contributed by atoms with van der Waals surface area (Å²) in [7, 11) is 0. The van der Waals surface area contributed by atoms with Gasteiger partial charge in [-0.3, -0.25) is 4.79 Å². The van der Waals surface area contributed by atoms with Crippen LogP contribution in [0.15, 0.2) is 49.0 Å². The highest BCUT2D eigenvalue weighted by molar-refractivity contribution is 6.09. The molecule has 1 aliphatic carbocycles. The molecule has 2 aromatic carbocycles. The van der Waals surface area contributed by atoms with Crippen LogP contribution in [0.4, 0.5) is 0 Å². The molecule has 3 rings (SSSR count). The number of nitrogens with two attached hydrogens (primary N) is 1. The van der Waals surface area contributed by atoms with E-state index in [0.717, 1.165) is 27.8 Å². The highest BCUT2D eigenvalue weighted by Crippen LogP contribution is 2.44. The maximum atomic E-state index is 11.4. The summed E-state index contributed by atoms with van der Waals surface area (Å²) in [5.41, 5.74) is 10.9. The molecule has 82 valence electrons. The molecule has 0 bridgehead atoms. The zero-order chi connectivity index (χ0) is 12.0. The Morgan fingerprint density at radius 1 is 0.941 bits per heavy atom. The molecule has 2 nitrogen and oxygen atoms in total. The molecule has 0 aliphatic heterocycles. The van der Waals surface area contributed by atoms with Crippen molar-refractivity contribution in [1.82, 2.24) is 0 Å². The van der Waals surface area contributed by atoms with E-state index in [-0.39, 0.29) is 0 Å². The standard InChI is InChI=1S/C15H11NO/c1-9-10-5-2-3-6-11(10)12-7-4-8-13(14(9)12)15(16)17/h2-8H,1H2,(H2,16,17). The number of hydrogen-bond donors (Lipinski definition) is 1. The van der Waals surface area contributed by atoms with Gasteiger partial charge in [-0.15, -0.1) is 0 Å². The molecule has 2 aromatic rings. The monoisotopic (exact) mass is 221 g/mol. The second-order valence-corrected chi connectivity index (χ2v) is 4.12. The van der Waals surface area contributed by atoms with Crippen LogP contribution in [0.25, 0.3) is 16.7 Å². The van der Waals surface area contributed by atoms with Crippen LogP contribution < -0.4 is 5.73 Å². The molecule has 17 heavy (non-hydrogen) atoms. The fourth-order valence-corrected chi connectivity index (χ4v) is 2.42. The lowest BCUT2D eigenvalue weighted by atomic mass is 9.99. The van der Waals surface area contributed by atoms with Gasteiger partial charge in [-0.1, -0.05) is 43.0 Å². The first-order valence-electron chi connectivity index (χ1n) is 5.42. The summed E-state index contributed by atoms with van der Waals surface area (Å²) in [5.74, 6) is -0.407. The summed E-state index contributed by atoms with van der Waals surface area (Å²) in [4.78, 5) is 11.4. The minimum Gasteiger partial charge on any atom is -0.366 e. The minimum atomic E-state index is -0.407. The van der Waals surface area contributed by atoms with E-state index in [1.807, 2.05) is 36.4 Å². The molecule has 0 unspecified atom stereocenters. The van der Waals surface area contributed by atoms with E-state index in [9.17, 15) is 4.79 Å². The highest BCUT2D eigenvalue weighted by atomic mass is 16.1. The van der Waals surface area contributed by atoms with Crippen LogP contribution in [-0.4, -0.2) is 5.91 Å². The quantitative estimate of drug-likeness (QED) is 0.674. The van der Waals surface area contributed by atoms with Crippen molar-refractivity contribution in [1.29, 1.82) is 0 Å². The van der Waals surface area contributed by atoms with E-state index in [2.05, 4.69) is 6.58 Å². The first-order valence-corrected chi connectivity index (χ1v) is 5.42. The maximum Gasteiger partial charge on any atom is 0.249 e. The van der Waals surface area contributed by atoms with Crippen LogP contribution in [0.3, 0.4) is 0 Å². The number of rotatable bonds is 1. The SMILES string of the molecule is C=C1c2ccccc2-c2cccc(C(N)=O)c21. The van der Waals surface area contributed by atoms with E-state index in [0.29, 0.717) is 5.56 Å². The van der Waals surface area contributed by atoms with Crippen molar-refractivity contribution in [3.05, 3.63) is 65.7 Å². The van der Waals surface area contributed by atoms with E-state index >= 15 is 0 Å². The smallest absolute Gasteiger partial charge is 0.249 e. The Morgan fingerprint density at radius 3 is 2.29 bits per heavy atom. The molecule has 0 spiro atoms.